The Kier molecular flexibility index (Phi) is 7.59. The van der Waals surface area contributed by atoms with Crippen molar-refractivity contribution in [3.05, 3.63) is 63.6 Å². The number of amides is 1. The first-order valence-electron chi connectivity index (χ1n) is 9.64. The summed E-state index contributed by atoms with van der Waals surface area (Å²) >= 11 is 11.9. The summed E-state index contributed by atoms with van der Waals surface area (Å²) in [5, 5.41) is 0.814. The minimum Gasteiger partial charge on any atom is -0.452 e. The Hall–Kier alpha value is -2.13. The summed E-state index contributed by atoms with van der Waals surface area (Å²) in [5.74, 6) is -1.10. The van der Waals surface area contributed by atoms with Crippen LogP contribution in [0.4, 0.5) is 0 Å². The summed E-state index contributed by atoms with van der Waals surface area (Å²) in [7, 11) is -1.97. The molecule has 0 N–H and O–H groups in total. The molecular weight excluding hydrogens is 463 g/mol. The van der Waals surface area contributed by atoms with E-state index < -0.39 is 28.5 Å². The van der Waals surface area contributed by atoms with Crippen LogP contribution in [0.15, 0.2) is 47.4 Å². The third kappa shape index (κ3) is 5.77. The van der Waals surface area contributed by atoms with Crippen molar-refractivity contribution in [1.29, 1.82) is 0 Å². The van der Waals surface area contributed by atoms with Gasteiger partial charge >= 0.3 is 5.97 Å². The maximum atomic E-state index is 12.5. The molecule has 0 bridgehead atoms. The number of likely N-dealkylation sites (N-methyl/N-ethyl adjacent to an activating group) is 1. The van der Waals surface area contributed by atoms with Crippen molar-refractivity contribution < 1.29 is 22.7 Å². The largest absolute Gasteiger partial charge is 0.452 e. The van der Waals surface area contributed by atoms with Crippen molar-refractivity contribution in [2.24, 2.45) is 0 Å². The minimum atomic E-state index is -3.55. The fourth-order valence-corrected chi connectivity index (χ4v) is 5.00. The van der Waals surface area contributed by atoms with Crippen LogP contribution in [0, 0.1) is 0 Å². The molecule has 1 fully saturated rings. The second-order valence-corrected chi connectivity index (χ2v) is 9.96. The molecule has 1 aliphatic heterocycles. The van der Waals surface area contributed by atoms with E-state index in [1.54, 1.807) is 25.2 Å². The number of carbonyl (C=O) groups is 2. The molecule has 0 radical (unpaired) electrons. The molecule has 0 atom stereocenters. The maximum Gasteiger partial charge on any atom is 0.338 e. The molecule has 10 heteroatoms. The zero-order valence-electron chi connectivity index (χ0n) is 16.9. The van der Waals surface area contributed by atoms with Crippen LogP contribution in [0.1, 0.15) is 28.8 Å². The van der Waals surface area contributed by atoms with Gasteiger partial charge in [0.1, 0.15) is 0 Å². The van der Waals surface area contributed by atoms with Crippen molar-refractivity contribution >= 4 is 45.1 Å². The second-order valence-electron chi connectivity index (χ2n) is 7.21. The van der Waals surface area contributed by atoms with Gasteiger partial charge in [0.15, 0.2) is 6.61 Å². The van der Waals surface area contributed by atoms with Gasteiger partial charge in [-0.2, -0.15) is 4.31 Å². The van der Waals surface area contributed by atoms with Crippen molar-refractivity contribution in [1.82, 2.24) is 9.21 Å². The lowest BCUT2D eigenvalue weighted by atomic mass is 10.2. The first-order chi connectivity index (χ1) is 14.7. The highest BCUT2D eigenvalue weighted by Gasteiger charge is 2.27. The summed E-state index contributed by atoms with van der Waals surface area (Å²) in [6.45, 7) is 0.842. The van der Waals surface area contributed by atoms with Gasteiger partial charge in [-0.05, 0) is 54.8 Å². The molecule has 166 valence electrons. The Morgan fingerprint density at radius 1 is 1.03 bits per heavy atom. The molecule has 0 saturated carbocycles. The molecule has 1 amide bonds. The molecule has 3 rings (SSSR count). The third-order valence-electron chi connectivity index (χ3n) is 4.95. The summed E-state index contributed by atoms with van der Waals surface area (Å²) in [5.41, 5.74) is 0.951. The predicted octanol–water partition coefficient (Wildman–Crippen LogP) is 3.59. The molecular formula is C21H22Cl2N2O5S. The van der Waals surface area contributed by atoms with Gasteiger partial charge < -0.3 is 9.64 Å². The van der Waals surface area contributed by atoms with Gasteiger partial charge in [-0.3, -0.25) is 4.79 Å². The van der Waals surface area contributed by atoms with E-state index in [4.69, 9.17) is 27.9 Å². The van der Waals surface area contributed by atoms with Crippen LogP contribution >= 0.6 is 23.2 Å². The molecule has 31 heavy (non-hydrogen) atoms. The molecule has 1 aliphatic rings. The molecule has 0 spiro atoms. The Morgan fingerprint density at radius 3 is 2.29 bits per heavy atom. The monoisotopic (exact) mass is 484 g/mol. The van der Waals surface area contributed by atoms with Crippen LogP contribution in [0.3, 0.4) is 0 Å². The van der Waals surface area contributed by atoms with Crippen LogP contribution in [-0.4, -0.2) is 56.2 Å². The van der Waals surface area contributed by atoms with Crippen LogP contribution in [-0.2, 0) is 26.1 Å². The van der Waals surface area contributed by atoms with Gasteiger partial charge in [0.2, 0.25) is 10.0 Å². The standard InChI is InChI=1S/C21H22Cl2N2O5S/c1-24(13-15-4-9-18(22)19(23)12-15)20(26)14-30-21(27)16-5-7-17(8-6-16)31(28,29)25-10-2-3-11-25/h4-9,12H,2-3,10-11,13-14H2,1H3. The zero-order valence-corrected chi connectivity index (χ0v) is 19.2. The summed E-state index contributed by atoms with van der Waals surface area (Å²) < 4.78 is 31.6. The Bertz CT molecular complexity index is 1070. The van der Waals surface area contributed by atoms with Crippen LogP contribution in [0.5, 0.6) is 0 Å². The van der Waals surface area contributed by atoms with E-state index in [0.717, 1.165) is 18.4 Å². The number of carbonyl (C=O) groups excluding carboxylic acids is 2. The number of ether oxygens (including phenoxy) is 1. The van der Waals surface area contributed by atoms with Crippen molar-refractivity contribution in [2.45, 2.75) is 24.3 Å². The fourth-order valence-electron chi connectivity index (χ4n) is 3.16. The predicted molar refractivity (Wildman–Crippen MR) is 118 cm³/mol. The molecule has 0 aliphatic carbocycles. The molecule has 0 unspecified atom stereocenters. The number of halogens is 2. The van der Waals surface area contributed by atoms with E-state index in [1.165, 1.54) is 33.5 Å². The van der Waals surface area contributed by atoms with E-state index in [2.05, 4.69) is 0 Å². The van der Waals surface area contributed by atoms with Gasteiger partial charge in [0, 0.05) is 26.7 Å². The van der Waals surface area contributed by atoms with Gasteiger partial charge in [-0.25, -0.2) is 13.2 Å². The van der Waals surface area contributed by atoms with E-state index >= 15 is 0 Å². The highest BCUT2D eigenvalue weighted by Crippen LogP contribution is 2.23. The van der Waals surface area contributed by atoms with Crippen LogP contribution in [0.25, 0.3) is 0 Å². The molecule has 2 aromatic rings. The Morgan fingerprint density at radius 2 is 1.68 bits per heavy atom. The normalized spacial score (nSPS) is 14.4. The molecule has 7 nitrogen and oxygen atoms in total. The molecule has 0 aromatic heterocycles. The SMILES string of the molecule is CN(Cc1ccc(Cl)c(Cl)c1)C(=O)COC(=O)c1ccc(S(=O)(=O)N2CCCC2)cc1. The first kappa shape index (κ1) is 23.5. The molecule has 1 heterocycles. The number of rotatable bonds is 7. The summed E-state index contributed by atoms with van der Waals surface area (Å²) in [6.07, 6.45) is 1.69. The van der Waals surface area contributed by atoms with E-state index in [0.29, 0.717) is 23.1 Å². The van der Waals surface area contributed by atoms with Crippen LogP contribution < -0.4 is 0 Å². The van der Waals surface area contributed by atoms with Crippen molar-refractivity contribution in [3.8, 4) is 0 Å². The summed E-state index contributed by atoms with van der Waals surface area (Å²) in [6, 6.07) is 10.6. The Balaban J connectivity index is 1.55. The number of hydrogen-bond acceptors (Lipinski definition) is 5. The zero-order chi connectivity index (χ0) is 22.6. The van der Waals surface area contributed by atoms with Gasteiger partial charge in [0.05, 0.1) is 20.5 Å². The third-order valence-corrected chi connectivity index (χ3v) is 7.60. The quantitative estimate of drug-likeness (QED) is 0.560. The number of nitrogens with zero attached hydrogens (tertiary/aromatic N) is 2. The lowest BCUT2D eigenvalue weighted by Gasteiger charge is -2.18. The number of benzene rings is 2. The topological polar surface area (TPSA) is 84.0 Å². The van der Waals surface area contributed by atoms with Crippen molar-refractivity contribution in [2.75, 3.05) is 26.7 Å². The van der Waals surface area contributed by atoms with E-state index in [-0.39, 0.29) is 17.0 Å². The fraction of sp³-hybridized carbons (Fsp3) is 0.333. The molecule has 1 saturated heterocycles. The average Bonchev–Trinajstić information content (AvgIpc) is 3.30. The van der Waals surface area contributed by atoms with Gasteiger partial charge in [-0.1, -0.05) is 29.3 Å². The first-order valence-corrected chi connectivity index (χ1v) is 11.8. The number of esters is 1. The lowest BCUT2D eigenvalue weighted by Crippen LogP contribution is -2.30. The minimum absolute atomic E-state index is 0.128. The van der Waals surface area contributed by atoms with Crippen molar-refractivity contribution in [3.63, 3.8) is 0 Å². The summed E-state index contributed by atoms with van der Waals surface area (Å²) in [4.78, 5) is 26.0. The van der Waals surface area contributed by atoms with E-state index in [1.807, 2.05) is 0 Å². The van der Waals surface area contributed by atoms with Gasteiger partial charge in [0.25, 0.3) is 5.91 Å². The van der Waals surface area contributed by atoms with Gasteiger partial charge in [-0.15, -0.1) is 0 Å². The second kappa shape index (κ2) is 9.99. The highest BCUT2D eigenvalue weighted by molar-refractivity contribution is 7.89. The lowest BCUT2D eigenvalue weighted by molar-refractivity contribution is -0.133. The Labute approximate surface area is 191 Å². The average molecular weight is 485 g/mol. The highest BCUT2D eigenvalue weighted by atomic mass is 35.5. The maximum absolute atomic E-state index is 12.5. The number of sulfonamides is 1. The molecule has 2 aromatic carbocycles. The van der Waals surface area contributed by atoms with Crippen LogP contribution in [0.2, 0.25) is 10.0 Å². The van der Waals surface area contributed by atoms with E-state index in [9.17, 15) is 18.0 Å². The smallest absolute Gasteiger partial charge is 0.338 e. The number of hydrogen-bond donors (Lipinski definition) is 0.